The van der Waals surface area contributed by atoms with Crippen LogP contribution < -0.4 is 5.32 Å². The molecule has 0 bridgehead atoms. The first-order chi connectivity index (χ1) is 15.7. The van der Waals surface area contributed by atoms with Crippen LogP contribution in [0.15, 0.2) is 66.8 Å². The fraction of sp³-hybridized carbons (Fsp3) is 0.231. The van der Waals surface area contributed by atoms with Gasteiger partial charge >= 0.3 is 5.97 Å². The van der Waals surface area contributed by atoms with Gasteiger partial charge in [0.05, 0.1) is 22.1 Å². The summed E-state index contributed by atoms with van der Waals surface area (Å²) in [6, 6.07) is 8.15. The Kier molecular flexibility index (Phi) is 7.82. The highest BCUT2D eigenvalue weighted by Crippen LogP contribution is 2.38. The summed E-state index contributed by atoms with van der Waals surface area (Å²) in [5.41, 5.74) is 1.28. The lowest BCUT2D eigenvalue weighted by atomic mass is 9.92. The van der Waals surface area contributed by atoms with E-state index < -0.39 is 23.5 Å². The molecule has 0 aromatic heterocycles. The number of carboxylic acids is 1. The molecule has 1 fully saturated rings. The average molecular weight is 472 g/mol. The van der Waals surface area contributed by atoms with Crippen LogP contribution in [0.25, 0.3) is 5.57 Å². The largest absolute Gasteiger partial charge is 0.478 e. The number of carbonyl (C=O) groups excluding carboxylic acids is 1. The van der Waals surface area contributed by atoms with Gasteiger partial charge in [-0.05, 0) is 61.2 Å². The number of halogens is 3. The predicted molar refractivity (Wildman–Crippen MR) is 126 cm³/mol. The molecule has 2 aromatic carbocycles. The summed E-state index contributed by atoms with van der Waals surface area (Å²) in [7, 11) is 0. The molecule has 0 aliphatic heterocycles. The zero-order valence-corrected chi connectivity index (χ0v) is 18.8. The lowest BCUT2D eigenvalue weighted by molar-refractivity contribution is -0.119. The van der Waals surface area contributed by atoms with Gasteiger partial charge in [0.15, 0.2) is 5.82 Å². The van der Waals surface area contributed by atoms with E-state index in [-0.39, 0.29) is 27.6 Å². The van der Waals surface area contributed by atoms with Gasteiger partial charge in [-0.1, -0.05) is 54.8 Å². The van der Waals surface area contributed by atoms with Crippen LogP contribution in [0.3, 0.4) is 0 Å². The second-order valence-corrected chi connectivity index (χ2v) is 8.47. The van der Waals surface area contributed by atoms with Gasteiger partial charge in [0.2, 0.25) is 5.91 Å². The first kappa shape index (κ1) is 24.4. The summed E-state index contributed by atoms with van der Waals surface area (Å²) in [5.74, 6) is -2.91. The number of rotatable bonds is 9. The van der Waals surface area contributed by atoms with E-state index >= 15 is 0 Å². The summed E-state index contributed by atoms with van der Waals surface area (Å²) in [4.78, 5) is 24.0. The van der Waals surface area contributed by atoms with Crippen LogP contribution in [-0.2, 0) is 4.79 Å². The first-order valence-electron chi connectivity index (χ1n) is 10.5. The van der Waals surface area contributed by atoms with E-state index in [0.29, 0.717) is 18.0 Å². The SMILES string of the molecule is C=C/C(=C\C=C(/C)C(CC1CC1)C(=O)Nc1ccc(C(=O)O)cc1)c1c(F)ccc(Cl)c1F. The molecule has 0 spiro atoms. The van der Waals surface area contributed by atoms with Gasteiger partial charge in [0, 0.05) is 5.69 Å². The Morgan fingerprint density at radius 3 is 2.42 bits per heavy atom. The van der Waals surface area contributed by atoms with Gasteiger partial charge in [-0.25, -0.2) is 13.6 Å². The van der Waals surface area contributed by atoms with E-state index in [4.69, 9.17) is 16.7 Å². The Balaban J connectivity index is 1.85. The van der Waals surface area contributed by atoms with E-state index in [2.05, 4.69) is 11.9 Å². The Morgan fingerprint density at radius 1 is 1.18 bits per heavy atom. The summed E-state index contributed by atoms with van der Waals surface area (Å²) < 4.78 is 28.7. The minimum Gasteiger partial charge on any atom is -0.478 e. The van der Waals surface area contributed by atoms with Crippen molar-refractivity contribution >= 4 is 34.7 Å². The van der Waals surface area contributed by atoms with Crippen molar-refractivity contribution in [1.82, 2.24) is 0 Å². The van der Waals surface area contributed by atoms with Crippen LogP contribution in [0.4, 0.5) is 14.5 Å². The van der Waals surface area contributed by atoms with Crippen molar-refractivity contribution in [2.24, 2.45) is 11.8 Å². The van der Waals surface area contributed by atoms with Crippen molar-refractivity contribution in [3.8, 4) is 0 Å². The molecule has 172 valence electrons. The molecular formula is C26H24ClF2NO3. The fourth-order valence-electron chi connectivity index (χ4n) is 3.49. The molecule has 1 atom stereocenters. The standard InChI is InChI=1S/C26H24ClF2NO3/c1-3-17(23-22(28)13-12-21(27)24(23)29)7-4-15(2)20(14-16-5-6-16)25(31)30-19-10-8-18(9-11-19)26(32)33/h3-4,7-13,16,20H,1,5-6,14H2,2H3,(H,30,31)(H,32,33)/b15-4+,17-7+. The molecule has 3 rings (SSSR count). The second kappa shape index (κ2) is 10.6. The van der Waals surface area contributed by atoms with E-state index in [9.17, 15) is 18.4 Å². The van der Waals surface area contributed by atoms with Crippen molar-refractivity contribution in [1.29, 1.82) is 0 Å². The normalized spacial score (nSPS) is 15.2. The molecule has 2 N–H and O–H groups in total. The van der Waals surface area contributed by atoms with Crippen molar-refractivity contribution < 1.29 is 23.5 Å². The number of anilines is 1. The summed E-state index contributed by atoms with van der Waals surface area (Å²) in [5, 5.41) is 11.7. The molecule has 2 aromatic rings. The van der Waals surface area contributed by atoms with Gasteiger partial charge < -0.3 is 10.4 Å². The zero-order chi connectivity index (χ0) is 24.1. The molecule has 33 heavy (non-hydrogen) atoms. The lowest BCUT2D eigenvalue weighted by Gasteiger charge is -2.18. The van der Waals surface area contributed by atoms with Crippen LogP contribution >= 0.6 is 11.6 Å². The highest BCUT2D eigenvalue weighted by Gasteiger charge is 2.30. The molecule has 7 heteroatoms. The predicted octanol–water partition coefficient (Wildman–Crippen LogP) is 6.89. The highest BCUT2D eigenvalue weighted by atomic mass is 35.5. The second-order valence-electron chi connectivity index (χ2n) is 8.06. The monoisotopic (exact) mass is 471 g/mol. The highest BCUT2D eigenvalue weighted by molar-refractivity contribution is 6.31. The third-order valence-electron chi connectivity index (χ3n) is 5.61. The molecular weight excluding hydrogens is 448 g/mol. The van der Waals surface area contributed by atoms with Crippen LogP contribution in [0, 0.1) is 23.5 Å². The molecule has 1 aliphatic rings. The Morgan fingerprint density at radius 2 is 1.85 bits per heavy atom. The third-order valence-corrected chi connectivity index (χ3v) is 5.90. The zero-order valence-electron chi connectivity index (χ0n) is 18.1. The minimum atomic E-state index is -1.05. The summed E-state index contributed by atoms with van der Waals surface area (Å²) in [6.45, 7) is 5.44. The number of allylic oxidation sites excluding steroid dienone is 4. The third kappa shape index (κ3) is 6.17. The van der Waals surface area contributed by atoms with E-state index in [1.54, 1.807) is 13.0 Å². The van der Waals surface area contributed by atoms with Gasteiger partial charge in [-0.3, -0.25) is 4.79 Å². The van der Waals surface area contributed by atoms with Gasteiger partial charge in [-0.15, -0.1) is 0 Å². The smallest absolute Gasteiger partial charge is 0.335 e. The minimum absolute atomic E-state index is 0.126. The maximum absolute atomic E-state index is 14.4. The maximum atomic E-state index is 14.4. The number of benzene rings is 2. The Hall–Kier alpha value is -3.25. The molecule has 0 saturated heterocycles. The number of amides is 1. The van der Waals surface area contributed by atoms with Gasteiger partial charge in [0.25, 0.3) is 0 Å². The van der Waals surface area contributed by atoms with Crippen molar-refractivity contribution in [3.63, 3.8) is 0 Å². The number of carbonyl (C=O) groups is 2. The summed E-state index contributed by atoms with van der Waals surface area (Å²) >= 11 is 5.81. The Bertz CT molecular complexity index is 1130. The number of carboxylic acid groups (broad SMARTS) is 1. The topological polar surface area (TPSA) is 66.4 Å². The average Bonchev–Trinajstić information content (AvgIpc) is 3.61. The van der Waals surface area contributed by atoms with Crippen LogP contribution in [0.5, 0.6) is 0 Å². The van der Waals surface area contributed by atoms with Crippen molar-refractivity contribution in [3.05, 3.63) is 94.6 Å². The lowest BCUT2D eigenvalue weighted by Crippen LogP contribution is -2.24. The van der Waals surface area contributed by atoms with E-state index in [0.717, 1.165) is 30.5 Å². The number of aromatic carboxylic acids is 1. The number of nitrogens with one attached hydrogen (secondary N) is 1. The molecule has 0 heterocycles. The van der Waals surface area contributed by atoms with Crippen LogP contribution in [0.1, 0.15) is 42.1 Å². The number of hydrogen-bond donors (Lipinski definition) is 2. The van der Waals surface area contributed by atoms with Crippen molar-refractivity contribution in [2.45, 2.75) is 26.2 Å². The summed E-state index contributed by atoms with van der Waals surface area (Å²) in [6.07, 6.45) is 7.28. The molecule has 0 radical (unpaired) electrons. The first-order valence-corrected chi connectivity index (χ1v) is 10.9. The molecule has 1 unspecified atom stereocenters. The van der Waals surface area contributed by atoms with Crippen LogP contribution in [-0.4, -0.2) is 17.0 Å². The Labute approximate surface area is 196 Å². The fourth-order valence-corrected chi connectivity index (χ4v) is 3.65. The number of hydrogen-bond acceptors (Lipinski definition) is 2. The quantitative estimate of drug-likeness (QED) is 0.309. The molecule has 1 saturated carbocycles. The van der Waals surface area contributed by atoms with Gasteiger partial charge in [0.1, 0.15) is 5.82 Å². The van der Waals surface area contributed by atoms with E-state index in [1.165, 1.54) is 36.4 Å². The molecule has 4 nitrogen and oxygen atoms in total. The van der Waals surface area contributed by atoms with Crippen molar-refractivity contribution in [2.75, 3.05) is 5.32 Å². The molecule has 1 aliphatic carbocycles. The van der Waals surface area contributed by atoms with Crippen LogP contribution in [0.2, 0.25) is 5.02 Å². The van der Waals surface area contributed by atoms with Gasteiger partial charge in [-0.2, -0.15) is 0 Å². The van der Waals surface area contributed by atoms with E-state index in [1.807, 2.05) is 0 Å². The molecule has 1 amide bonds. The maximum Gasteiger partial charge on any atom is 0.335 e.